The van der Waals surface area contributed by atoms with E-state index in [1.807, 2.05) is 0 Å². The number of nitrogens with two attached hydrogens (primary N) is 4. The second-order valence-corrected chi connectivity index (χ2v) is 8.64. The maximum Gasteiger partial charge on any atom is 0.0110 e. The molecule has 0 aromatic rings. The molecule has 11 nitrogen and oxygen atoms in total. The molecular weight excluding hydrogens is 442 g/mol. The summed E-state index contributed by atoms with van der Waals surface area (Å²) in [7, 11) is 0. The Kier molecular flexibility index (Phi) is 28.9. The van der Waals surface area contributed by atoms with Gasteiger partial charge >= 0.3 is 0 Å². The highest BCUT2D eigenvalue weighted by atomic mass is 15.2. The van der Waals surface area contributed by atoms with E-state index in [0.29, 0.717) is 26.2 Å². The van der Waals surface area contributed by atoms with Crippen molar-refractivity contribution in [1.29, 1.82) is 0 Å². The standard InChI is InChI=1S/C24H59N11/c25-5-10-30-13-15-33-17-16-32-14-12-29-9-3-1-2-4-19-34(22-18-31-11-6-26)23-24-35(20-7-27)21-8-28/h1-2,29-33H,3-28H2/b2-1+. The maximum absolute atomic E-state index is 5.74. The van der Waals surface area contributed by atoms with E-state index in [9.17, 15) is 0 Å². The lowest BCUT2D eigenvalue weighted by Gasteiger charge is -2.27. The van der Waals surface area contributed by atoms with Gasteiger partial charge in [-0.1, -0.05) is 12.2 Å². The molecule has 0 saturated carbocycles. The topological polar surface area (TPSA) is 171 Å². The smallest absolute Gasteiger partial charge is 0.0110 e. The Bertz CT molecular complexity index is 420. The normalized spacial score (nSPS) is 12.1. The molecule has 0 radical (unpaired) electrons. The Labute approximate surface area is 215 Å². The average molecular weight is 502 g/mol. The molecule has 0 fully saturated rings. The Morgan fingerprint density at radius 2 is 0.800 bits per heavy atom. The van der Waals surface area contributed by atoms with E-state index in [-0.39, 0.29) is 0 Å². The van der Waals surface area contributed by atoms with Crippen LogP contribution in [0.1, 0.15) is 12.8 Å². The van der Waals surface area contributed by atoms with Crippen molar-refractivity contribution in [2.45, 2.75) is 12.8 Å². The number of nitrogens with zero attached hydrogens (tertiary/aromatic N) is 2. The summed E-state index contributed by atoms with van der Waals surface area (Å²) in [4.78, 5) is 4.87. The van der Waals surface area contributed by atoms with Crippen molar-refractivity contribution in [3.63, 3.8) is 0 Å². The fourth-order valence-corrected chi connectivity index (χ4v) is 3.59. The van der Waals surface area contributed by atoms with Crippen LogP contribution in [0.15, 0.2) is 12.2 Å². The summed E-state index contributed by atoms with van der Waals surface area (Å²) in [6.45, 7) is 18.3. The minimum absolute atomic E-state index is 0.677. The van der Waals surface area contributed by atoms with Crippen LogP contribution in [0.3, 0.4) is 0 Å². The molecule has 13 N–H and O–H groups in total. The van der Waals surface area contributed by atoms with E-state index in [4.69, 9.17) is 22.9 Å². The molecule has 0 heterocycles. The molecule has 0 bridgehead atoms. The molecule has 0 aliphatic rings. The quantitative estimate of drug-likeness (QED) is 0.0372. The first kappa shape index (κ1) is 34.3. The van der Waals surface area contributed by atoms with E-state index in [1.165, 1.54) is 0 Å². The SMILES string of the molecule is NCCNCCNCCNCCNCC/C=C/CCN(CCNCCN)CCN(CCN)CCN. The third kappa shape index (κ3) is 26.2. The van der Waals surface area contributed by atoms with E-state index in [0.717, 1.165) is 118 Å². The van der Waals surface area contributed by atoms with Crippen LogP contribution >= 0.6 is 0 Å². The molecule has 0 saturated heterocycles. The van der Waals surface area contributed by atoms with Crippen molar-refractivity contribution in [2.75, 3.05) is 131 Å². The number of hydrogen-bond donors (Lipinski definition) is 9. The number of hydrogen-bond acceptors (Lipinski definition) is 11. The highest BCUT2D eigenvalue weighted by Crippen LogP contribution is 1.96. The predicted molar refractivity (Wildman–Crippen MR) is 152 cm³/mol. The summed E-state index contributed by atoms with van der Waals surface area (Å²) < 4.78 is 0. The Morgan fingerprint density at radius 3 is 1.31 bits per heavy atom. The lowest BCUT2D eigenvalue weighted by molar-refractivity contribution is 0.211. The van der Waals surface area contributed by atoms with Gasteiger partial charge in [-0.3, -0.25) is 4.90 Å². The summed E-state index contributed by atoms with van der Waals surface area (Å²) >= 11 is 0. The van der Waals surface area contributed by atoms with Gasteiger partial charge in [0, 0.05) is 124 Å². The maximum atomic E-state index is 5.74. The fourth-order valence-electron chi connectivity index (χ4n) is 3.59. The van der Waals surface area contributed by atoms with E-state index >= 15 is 0 Å². The summed E-state index contributed by atoms with van der Waals surface area (Å²) in [6.07, 6.45) is 6.74. The van der Waals surface area contributed by atoms with Crippen LogP contribution in [0.2, 0.25) is 0 Å². The lowest BCUT2D eigenvalue weighted by Crippen LogP contribution is -2.42. The molecule has 0 rings (SSSR count). The number of nitrogens with one attached hydrogen (secondary N) is 5. The van der Waals surface area contributed by atoms with Gasteiger partial charge in [0.1, 0.15) is 0 Å². The molecule has 0 spiro atoms. The van der Waals surface area contributed by atoms with Gasteiger partial charge < -0.3 is 54.4 Å². The molecule has 0 aliphatic heterocycles. The third-order valence-electron chi connectivity index (χ3n) is 5.57. The minimum Gasteiger partial charge on any atom is -0.329 e. The van der Waals surface area contributed by atoms with Crippen molar-refractivity contribution in [1.82, 2.24) is 36.4 Å². The van der Waals surface area contributed by atoms with Crippen molar-refractivity contribution in [2.24, 2.45) is 22.9 Å². The van der Waals surface area contributed by atoms with Crippen molar-refractivity contribution in [3.05, 3.63) is 12.2 Å². The summed E-state index contributed by atoms with van der Waals surface area (Å²) in [5, 5.41) is 17.0. The van der Waals surface area contributed by atoms with Gasteiger partial charge in [-0.2, -0.15) is 0 Å². The van der Waals surface area contributed by atoms with E-state index in [1.54, 1.807) is 0 Å². The van der Waals surface area contributed by atoms with E-state index < -0.39 is 0 Å². The molecule has 0 amide bonds. The highest BCUT2D eigenvalue weighted by molar-refractivity contribution is 4.83. The van der Waals surface area contributed by atoms with Gasteiger partial charge in [0.05, 0.1) is 0 Å². The van der Waals surface area contributed by atoms with E-state index in [2.05, 4.69) is 48.5 Å². The first-order chi connectivity index (χ1) is 17.3. The lowest BCUT2D eigenvalue weighted by atomic mass is 10.3. The van der Waals surface area contributed by atoms with Gasteiger partial charge in [-0.05, 0) is 19.4 Å². The summed E-state index contributed by atoms with van der Waals surface area (Å²) in [5.74, 6) is 0. The summed E-state index contributed by atoms with van der Waals surface area (Å²) in [6, 6.07) is 0. The van der Waals surface area contributed by atoms with Crippen molar-refractivity contribution < 1.29 is 0 Å². The molecule has 0 aliphatic carbocycles. The monoisotopic (exact) mass is 501 g/mol. The van der Waals surface area contributed by atoms with Crippen molar-refractivity contribution in [3.8, 4) is 0 Å². The first-order valence-corrected chi connectivity index (χ1v) is 13.7. The van der Waals surface area contributed by atoms with Crippen LogP contribution < -0.4 is 49.5 Å². The second-order valence-electron chi connectivity index (χ2n) is 8.64. The molecule has 0 aromatic heterocycles. The zero-order chi connectivity index (χ0) is 25.7. The van der Waals surface area contributed by atoms with Gasteiger partial charge in [0.2, 0.25) is 0 Å². The van der Waals surface area contributed by atoms with Crippen LogP contribution in [0.25, 0.3) is 0 Å². The first-order valence-electron chi connectivity index (χ1n) is 13.7. The van der Waals surface area contributed by atoms with Crippen LogP contribution in [0.5, 0.6) is 0 Å². The molecule has 0 aromatic carbocycles. The van der Waals surface area contributed by atoms with Gasteiger partial charge in [-0.25, -0.2) is 0 Å². The van der Waals surface area contributed by atoms with Gasteiger partial charge in [0.15, 0.2) is 0 Å². The third-order valence-corrected chi connectivity index (χ3v) is 5.57. The Balaban J connectivity index is 3.80. The zero-order valence-corrected chi connectivity index (χ0v) is 22.4. The zero-order valence-electron chi connectivity index (χ0n) is 22.4. The van der Waals surface area contributed by atoms with Crippen LogP contribution in [-0.2, 0) is 0 Å². The van der Waals surface area contributed by atoms with Crippen molar-refractivity contribution >= 4 is 0 Å². The average Bonchev–Trinajstić information content (AvgIpc) is 2.86. The number of rotatable bonds is 29. The highest BCUT2D eigenvalue weighted by Gasteiger charge is 2.08. The van der Waals surface area contributed by atoms with Gasteiger partial charge in [0.25, 0.3) is 0 Å². The van der Waals surface area contributed by atoms with Crippen LogP contribution in [0.4, 0.5) is 0 Å². The molecule has 210 valence electrons. The molecular formula is C24H59N11. The molecule has 11 heteroatoms. The van der Waals surface area contributed by atoms with Gasteiger partial charge in [-0.15, -0.1) is 0 Å². The Morgan fingerprint density at radius 1 is 0.371 bits per heavy atom. The summed E-state index contributed by atoms with van der Waals surface area (Å²) in [5.41, 5.74) is 22.5. The second kappa shape index (κ2) is 29.5. The molecule has 0 unspecified atom stereocenters. The fraction of sp³-hybridized carbons (Fsp3) is 0.917. The predicted octanol–water partition coefficient (Wildman–Crippen LogP) is -3.29. The minimum atomic E-state index is 0.677. The largest absolute Gasteiger partial charge is 0.329 e. The molecule has 35 heavy (non-hydrogen) atoms. The molecule has 0 atom stereocenters. The van der Waals surface area contributed by atoms with Crippen LogP contribution in [0, 0.1) is 0 Å². The van der Waals surface area contributed by atoms with Crippen LogP contribution in [-0.4, -0.2) is 141 Å². The Hall–Kier alpha value is -0.700.